The Morgan fingerprint density at radius 1 is 1.00 bits per heavy atom. The van der Waals surface area contributed by atoms with Crippen molar-refractivity contribution in [2.45, 2.75) is 13.5 Å². The second-order valence-electron chi connectivity index (χ2n) is 6.70. The van der Waals surface area contributed by atoms with Crippen LogP contribution in [0.3, 0.4) is 0 Å². The zero-order valence-electron chi connectivity index (χ0n) is 15.5. The van der Waals surface area contributed by atoms with E-state index in [0.29, 0.717) is 17.1 Å². The number of carbonyl (C=O) groups is 1. The average molecular weight is 387 g/mol. The lowest BCUT2D eigenvalue weighted by Crippen LogP contribution is -2.03. The Kier molecular flexibility index (Phi) is 5.09. The van der Waals surface area contributed by atoms with E-state index in [1.54, 1.807) is 12.2 Å². The van der Waals surface area contributed by atoms with Crippen LogP contribution in [0.4, 0.5) is 0 Å². The summed E-state index contributed by atoms with van der Waals surface area (Å²) in [4.78, 5) is 17.2. The maximum Gasteiger partial charge on any atom is 0.185 e. The molecule has 4 aromatic rings. The van der Waals surface area contributed by atoms with E-state index in [1.807, 2.05) is 79.7 Å². The molecule has 0 N–H and O–H groups in total. The van der Waals surface area contributed by atoms with E-state index < -0.39 is 0 Å². The summed E-state index contributed by atoms with van der Waals surface area (Å²) in [5.74, 6) is 0.679. The lowest BCUT2D eigenvalue weighted by molar-refractivity contribution is 0.104. The van der Waals surface area contributed by atoms with E-state index in [1.165, 1.54) is 0 Å². The Morgan fingerprint density at radius 3 is 2.50 bits per heavy atom. The standard InChI is InChI=1S/C24H19ClN2O/c1-17-10-12-18(13-11-17)23(28)14-15-24-26-21-8-4-5-9-22(21)27(24)16-19-6-2-3-7-20(19)25/h2-15H,16H2,1H3/b15-14+. The zero-order valence-corrected chi connectivity index (χ0v) is 16.2. The van der Waals surface area contributed by atoms with Gasteiger partial charge >= 0.3 is 0 Å². The number of ketones is 1. The fraction of sp³-hybridized carbons (Fsp3) is 0.0833. The lowest BCUT2D eigenvalue weighted by atomic mass is 10.1. The minimum atomic E-state index is -0.0450. The first-order valence-electron chi connectivity index (χ1n) is 9.09. The molecule has 0 atom stereocenters. The molecule has 0 amide bonds. The predicted octanol–water partition coefficient (Wildman–Crippen LogP) is 5.94. The van der Waals surface area contributed by atoms with Crippen molar-refractivity contribution in [2.75, 3.05) is 0 Å². The van der Waals surface area contributed by atoms with Crippen LogP contribution in [0, 0.1) is 6.92 Å². The molecular weight excluding hydrogens is 368 g/mol. The summed E-state index contributed by atoms with van der Waals surface area (Å²) in [6.07, 6.45) is 3.36. The SMILES string of the molecule is Cc1ccc(C(=O)/C=C/c2nc3ccccc3n2Cc2ccccc2Cl)cc1. The van der Waals surface area contributed by atoms with Crippen LogP contribution < -0.4 is 0 Å². The second kappa shape index (κ2) is 7.83. The molecule has 138 valence electrons. The summed E-state index contributed by atoms with van der Waals surface area (Å²) in [5.41, 5.74) is 4.69. The minimum absolute atomic E-state index is 0.0450. The van der Waals surface area contributed by atoms with Crippen molar-refractivity contribution in [3.8, 4) is 0 Å². The molecule has 0 spiro atoms. The molecule has 0 radical (unpaired) electrons. The molecule has 0 aliphatic rings. The fourth-order valence-corrected chi connectivity index (χ4v) is 3.34. The van der Waals surface area contributed by atoms with Crippen molar-refractivity contribution < 1.29 is 4.79 Å². The maximum atomic E-state index is 12.5. The van der Waals surface area contributed by atoms with E-state index in [-0.39, 0.29) is 5.78 Å². The van der Waals surface area contributed by atoms with Crippen molar-refractivity contribution in [1.82, 2.24) is 9.55 Å². The summed E-state index contributed by atoms with van der Waals surface area (Å²) < 4.78 is 2.08. The number of benzene rings is 3. The number of imidazole rings is 1. The molecule has 0 saturated carbocycles. The van der Waals surface area contributed by atoms with E-state index in [0.717, 1.165) is 28.0 Å². The number of aryl methyl sites for hydroxylation is 1. The summed E-state index contributed by atoms with van der Waals surface area (Å²) in [6, 6.07) is 23.3. The van der Waals surface area contributed by atoms with Crippen molar-refractivity contribution in [3.05, 3.63) is 106 Å². The Morgan fingerprint density at radius 2 is 1.71 bits per heavy atom. The van der Waals surface area contributed by atoms with Crippen molar-refractivity contribution in [1.29, 1.82) is 0 Å². The Hall–Kier alpha value is -3.17. The van der Waals surface area contributed by atoms with Crippen LogP contribution >= 0.6 is 11.6 Å². The number of rotatable bonds is 5. The van der Waals surface area contributed by atoms with Gasteiger partial charge in [0.2, 0.25) is 0 Å². The molecule has 0 bridgehead atoms. The molecule has 28 heavy (non-hydrogen) atoms. The highest BCUT2D eigenvalue weighted by atomic mass is 35.5. The summed E-state index contributed by atoms with van der Waals surface area (Å²) in [5, 5.41) is 0.714. The number of carbonyl (C=O) groups excluding carboxylic acids is 1. The van der Waals surface area contributed by atoms with Gasteiger partial charge < -0.3 is 4.57 Å². The van der Waals surface area contributed by atoms with E-state index in [9.17, 15) is 4.79 Å². The Bertz CT molecular complexity index is 1170. The maximum absolute atomic E-state index is 12.5. The van der Waals surface area contributed by atoms with Gasteiger partial charge in [-0.15, -0.1) is 0 Å². The molecular formula is C24H19ClN2O. The summed E-state index contributed by atoms with van der Waals surface area (Å²) >= 11 is 6.36. The van der Waals surface area contributed by atoms with Crippen molar-refractivity contribution in [2.24, 2.45) is 0 Å². The van der Waals surface area contributed by atoms with Gasteiger partial charge in [-0.25, -0.2) is 4.98 Å². The second-order valence-corrected chi connectivity index (χ2v) is 7.11. The third-order valence-corrected chi connectivity index (χ3v) is 5.06. The van der Waals surface area contributed by atoms with Gasteiger partial charge in [-0.2, -0.15) is 0 Å². The van der Waals surface area contributed by atoms with Crippen molar-refractivity contribution in [3.63, 3.8) is 0 Å². The van der Waals surface area contributed by atoms with Gasteiger partial charge in [0.25, 0.3) is 0 Å². The van der Waals surface area contributed by atoms with E-state index in [2.05, 4.69) is 4.57 Å². The van der Waals surface area contributed by atoms with Gasteiger partial charge in [-0.1, -0.05) is 71.8 Å². The number of para-hydroxylation sites is 2. The van der Waals surface area contributed by atoms with Crippen LogP contribution in [-0.4, -0.2) is 15.3 Å². The summed E-state index contributed by atoms with van der Waals surface area (Å²) in [6.45, 7) is 2.58. The molecule has 1 aromatic heterocycles. The number of fused-ring (bicyclic) bond motifs is 1. The normalized spacial score (nSPS) is 11.4. The van der Waals surface area contributed by atoms with Gasteiger partial charge in [0, 0.05) is 10.6 Å². The highest BCUT2D eigenvalue weighted by Crippen LogP contribution is 2.22. The highest BCUT2D eigenvalue weighted by molar-refractivity contribution is 6.31. The Balaban J connectivity index is 1.71. The van der Waals surface area contributed by atoms with Gasteiger partial charge in [0.05, 0.1) is 17.6 Å². The number of hydrogen-bond acceptors (Lipinski definition) is 2. The molecule has 4 heteroatoms. The molecule has 0 saturated heterocycles. The van der Waals surface area contributed by atoms with Gasteiger partial charge in [-0.05, 0) is 42.8 Å². The smallest absolute Gasteiger partial charge is 0.185 e. The molecule has 3 aromatic carbocycles. The van der Waals surface area contributed by atoms with Crippen LogP contribution in [0.1, 0.15) is 27.3 Å². The molecule has 0 fully saturated rings. The third-order valence-electron chi connectivity index (χ3n) is 4.69. The molecule has 0 aliphatic carbocycles. The quantitative estimate of drug-likeness (QED) is 0.314. The Labute approximate surface area is 168 Å². The molecule has 3 nitrogen and oxygen atoms in total. The van der Waals surface area contributed by atoms with Gasteiger partial charge in [-0.3, -0.25) is 4.79 Å². The summed E-state index contributed by atoms with van der Waals surface area (Å²) in [7, 11) is 0. The number of hydrogen-bond donors (Lipinski definition) is 0. The van der Waals surface area contributed by atoms with Gasteiger partial charge in [0.15, 0.2) is 5.78 Å². The molecule has 4 rings (SSSR count). The zero-order chi connectivity index (χ0) is 19.5. The number of nitrogens with zero attached hydrogens (tertiary/aromatic N) is 2. The monoisotopic (exact) mass is 386 g/mol. The number of aromatic nitrogens is 2. The van der Waals surface area contributed by atoms with E-state index in [4.69, 9.17) is 16.6 Å². The topological polar surface area (TPSA) is 34.9 Å². The van der Waals surface area contributed by atoms with Crippen LogP contribution in [0.15, 0.2) is 78.9 Å². The first kappa shape index (κ1) is 18.2. The van der Waals surface area contributed by atoms with Crippen molar-refractivity contribution >= 4 is 34.5 Å². The fourth-order valence-electron chi connectivity index (χ4n) is 3.15. The number of allylic oxidation sites excluding steroid dienone is 1. The predicted molar refractivity (Wildman–Crippen MR) is 115 cm³/mol. The lowest BCUT2D eigenvalue weighted by Gasteiger charge is -2.09. The third kappa shape index (κ3) is 3.75. The first-order valence-corrected chi connectivity index (χ1v) is 9.47. The highest BCUT2D eigenvalue weighted by Gasteiger charge is 2.11. The number of halogens is 1. The molecule has 0 unspecified atom stereocenters. The molecule has 0 aliphatic heterocycles. The van der Waals surface area contributed by atoms with Crippen LogP contribution in [0.5, 0.6) is 0 Å². The van der Waals surface area contributed by atoms with Gasteiger partial charge in [0.1, 0.15) is 5.82 Å². The van der Waals surface area contributed by atoms with Crippen LogP contribution in [0.25, 0.3) is 17.1 Å². The van der Waals surface area contributed by atoms with Crippen LogP contribution in [0.2, 0.25) is 5.02 Å². The van der Waals surface area contributed by atoms with Crippen LogP contribution in [-0.2, 0) is 6.54 Å². The average Bonchev–Trinajstić information content (AvgIpc) is 3.06. The molecule has 1 heterocycles. The first-order chi connectivity index (χ1) is 13.6. The largest absolute Gasteiger partial charge is 0.320 e. The van der Waals surface area contributed by atoms with E-state index >= 15 is 0 Å². The minimum Gasteiger partial charge on any atom is -0.320 e.